The third-order valence-corrected chi connectivity index (χ3v) is 5.24. The molecular formula is C19H20ClN3O2S. The van der Waals surface area contributed by atoms with E-state index in [-0.39, 0.29) is 11.8 Å². The standard InChI is InChI=1S/C19H20ClN3O2S/c20-15-4-3-5-16(12-15)22-17(24)8-11-26-18-7-6-14(13-21-18)19(25)23-9-1-2-10-23/h3-7,12-13H,1-2,8-11H2,(H,22,24). The van der Waals surface area contributed by atoms with E-state index < -0.39 is 0 Å². The first-order valence-electron chi connectivity index (χ1n) is 8.55. The molecule has 1 aromatic heterocycles. The Hall–Kier alpha value is -2.05. The predicted octanol–water partition coefficient (Wildman–Crippen LogP) is 4.09. The number of benzene rings is 1. The second-order valence-corrected chi connectivity index (χ2v) is 7.59. The van der Waals surface area contributed by atoms with Crippen LogP contribution in [0.4, 0.5) is 5.69 Å². The Bertz CT molecular complexity index is 777. The average Bonchev–Trinajstić information content (AvgIpc) is 3.16. The fourth-order valence-electron chi connectivity index (χ4n) is 2.73. The number of carbonyl (C=O) groups excluding carboxylic acids is 2. The van der Waals surface area contributed by atoms with Crippen LogP contribution in [-0.2, 0) is 4.79 Å². The molecule has 1 aliphatic rings. The summed E-state index contributed by atoms with van der Waals surface area (Å²) >= 11 is 7.39. The van der Waals surface area contributed by atoms with Crippen molar-refractivity contribution in [3.05, 3.63) is 53.2 Å². The summed E-state index contributed by atoms with van der Waals surface area (Å²) in [4.78, 5) is 30.4. The maximum Gasteiger partial charge on any atom is 0.255 e. The van der Waals surface area contributed by atoms with Gasteiger partial charge in [-0.2, -0.15) is 0 Å². The van der Waals surface area contributed by atoms with Crippen LogP contribution < -0.4 is 5.32 Å². The molecule has 0 radical (unpaired) electrons. The fourth-order valence-corrected chi connectivity index (χ4v) is 3.71. The number of amides is 2. The number of thioether (sulfide) groups is 1. The van der Waals surface area contributed by atoms with Gasteiger partial charge < -0.3 is 10.2 Å². The van der Waals surface area contributed by atoms with E-state index in [0.29, 0.717) is 28.4 Å². The summed E-state index contributed by atoms with van der Waals surface area (Å²) in [5.74, 6) is 0.590. The molecule has 5 nitrogen and oxygen atoms in total. The molecule has 1 aromatic carbocycles. The molecule has 2 amide bonds. The Morgan fingerprint density at radius 1 is 1.19 bits per heavy atom. The Morgan fingerprint density at radius 2 is 2.00 bits per heavy atom. The highest BCUT2D eigenvalue weighted by Gasteiger charge is 2.19. The first-order chi connectivity index (χ1) is 12.6. The van der Waals surface area contributed by atoms with Crippen molar-refractivity contribution in [2.45, 2.75) is 24.3 Å². The van der Waals surface area contributed by atoms with E-state index in [1.165, 1.54) is 11.8 Å². The molecule has 1 saturated heterocycles. The largest absolute Gasteiger partial charge is 0.339 e. The van der Waals surface area contributed by atoms with Crippen LogP contribution in [0.3, 0.4) is 0 Å². The number of rotatable bonds is 6. The zero-order valence-corrected chi connectivity index (χ0v) is 15.9. The van der Waals surface area contributed by atoms with Gasteiger partial charge in [0.15, 0.2) is 0 Å². The number of nitrogens with one attached hydrogen (secondary N) is 1. The lowest BCUT2D eigenvalue weighted by Crippen LogP contribution is -2.27. The molecule has 7 heteroatoms. The van der Waals surface area contributed by atoms with Crippen molar-refractivity contribution >= 4 is 40.9 Å². The molecule has 0 bridgehead atoms. The number of likely N-dealkylation sites (tertiary alicyclic amines) is 1. The Balaban J connectivity index is 1.44. The van der Waals surface area contributed by atoms with Crippen LogP contribution in [0.5, 0.6) is 0 Å². The normalized spacial score (nSPS) is 13.7. The van der Waals surface area contributed by atoms with Crippen LogP contribution in [0.25, 0.3) is 0 Å². The SMILES string of the molecule is O=C(CCSc1ccc(C(=O)N2CCCC2)cn1)Nc1cccc(Cl)c1. The molecule has 3 rings (SSSR count). The highest BCUT2D eigenvalue weighted by molar-refractivity contribution is 7.99. The quantitative estimate of drug-likeness (QED) is 0.756. The number of nitrogens with zero attached hydrogens (tertiary/aromatic N) is 2. The third kappa shape index (κ3) is 5.22. The minimum Gasteiger partial charge on any atom is -0.339 e. The summed E-state index contributed by atoms with van der Waals surface area (Å²) in [5, 5.41) is 4.21. The summed E-state index contributed by atoms with van der Waals surface area (Å²) in [6.07, 6.45) is 4.14. The van der Waals surface area contributed by atoms with Gasteiger partial charge in [-0.25, -0.2) is 4.98 Å². The van der Waals surface area contributed by atoms with Crippen LogP contribution in [-0.4, -0.2) is 40.5 Å². The molecule has 136 valence electrons. The molecule has 0 aliphatic carbocycles. The van der Waals surface area contributed by atoms with Crippen molar-refractivity contribution in [1.82, 2.24) is 9.88 Å². The first kappa shape index (κ1) is 18.7. The number of hydrogen-bond acceptors (Lipinski definition) is 4. The maximum absolute atomic E-state index is 12.3. The summed E-state index contributed by atoms with van der Waals surface area (Å²) < 4.78 is 0. The van der Waals surface area contributed by atoms with Crippen molar-refractivity contribution in [2.24, 2.45) is 0 Å². The average molecular weight is 390 g/mol. The minimum atomic E-state index is -0.0689. The summed E-state index contributed by atoms with van der Waals surface area (Å²) in [7, 11) is 0. The maximum atomic E-state index is 12.3. The summed E-state index contributed by atoms with van der Waals surface area (Å²) in [5.41, 5.74) is 1.31. The number of carbonyl (C=O) groups is 2. The van der Waals surface area contributed by atoms with Gasteiger partial charge in [0.2, 0.25) is 5.91 Å². The van der Waals surface area contributed by atoms with E-state index in [1.807, 2.05) is 17.0 Å². The zero-order valence-electron chi connectivity index (χ0n) is 14.3. The van der Waals surface area contributed by atoms with Crippen LogP contribution in [0, 0.1) is 0 Å². The lowest BCUT2D eigenvalue weighted by atomic mass is 10.2. The highest BCUT2D eigenvalue weighted by Crippen LogP contribution is 2.19. The van der Waals surface area contributed by atoms with Gasteiger partial charge in [0.25, 0.3) is 5.91 Å². The second kappa shape index (κ2) is 9.05. The molecule has 1 N–H and O–H groups in total. The summed E-state index contributed by atoms with van der Waals surface area (Å²) in [6.45, 7) is 1.66. The van der Waals surface area contributed by atoms with E-state index in [2.05, 4.69) is 10.3 Å². The van der Waals surface area contributed by atoms with Crippen molar-refractivity contribution in [3.8, 4) is 0 Å². The highest BCUT2D eigenvalue weighted by atomic mass is 35.5. The second-order valence-electron chi connectivity index (χ2n) is 6.04. The molecule has 2 aromatic rings. The molecule has 2 heterocycles. The first-order valence-corrected chi connectivity index (χ1v) is 9.92. The number of pyridine rings is 1. The van der Waals surface area contributed by atoms with Gasteiger partial charge in [0.1, 0.15) is 0 Å². The van der Waals surface area contributed by atoms with Crippen molar-refractivity contribution in [1.29, 1.82) is 0 Å². The van der Waals surface area contributed by atoms with Gasteiger partial charge in [-0.1, -0.05) is 17.7 Å². The van der Waals surface area contributed by atoms with Gasteiger partial charge >= 0.3 is 0 Å². The number of anilines is 1. The molecule has 0 spiro atoms. The third-order valence-electron chi connectivity index (χ3n) is 4.06. The number of aromatic nitrogens is 1. The van der Waals surface area contributed by atoms with Gasteiger partial charge in [-0.3, -0.25) is 9.59 Å². The fraction of sp³-hybridized carbons (Fsp3) is 0.316. The van der Waals surface area contributed by atoms with Gasteiger partial charge in [0, 0.05) is 42.2 Å². The monoisotopic (exact) mass is 389 g/mol. The summed E-state index contributed by atoms with van der Waals surface area (Å²) in [6, 6.07) is 10.7. The zero-order chi connectivity index (χ0) is 18.4. The van der Waals surface area contributed by atoms with Crippen LogP contribution in [0.1, 0.15) is 29.6 Å². The van der Waals surface area contributed by atoms with Crippen molar-refractivity contribution < 1.29 is 9.59 Å². The molecular weight excluding hydrogens is 370 g/mol. The van der Waals surface area contributed by atoms with Crippen LogP contribution in [0.15, 0.2) is 47.6 Å². The van der Waals surface area contributed by atoms with Gasteiger partial charge in [-0.15, -0.1) is 11.8 Å². The van der Waals surface area contributed by atoms with Gasteiger partial charge in [0.05, 0.1) is 10.6 Å². The topological polar surface area (TPSA) is 62.3 Å². The minimum absolute atomic E-state index is 0.0486. The lowest BCUT2D eigenvalue weighted by Gasteiger charge is -2.14. The van der Waals surface area contributed by atoms with Crippen LogP contribution >= 0.6 is 23.4 Å². The molecule has 0 unspecified atom stereocenters. The molecule has 0 saturated carbocycles. The van der Waals surface area contributed by atoms with Gasteiger partial charge in [-0.05, 0) is 43.2 Å². The molecule has 26 heavy (non-hydrogen) atoms. The molecule has 0 atom stereocenters. The Morgan fingerprint density at radius 3 is 2.69 bits per heavy atom. The number of hydrogen-bond donors (Lipinski definition) is 1. The lowest BCUT2D eigenvalue weighted by molar-refractivity contribution is -0.115. The smallest absolute Gasteiger partial charge is 0.255 e. The van der Waals surface area contributed by atoms with Crippen LogP contribution in [0.2, 0.25) is 5.02 Å². The van der Waals surface area contributed by atoms with Crippen molar-refractivity contribution in [3.63, 3.8) is 0 Å². The van der Waals surface area contributed by atoms with E-state index in [4.69, 9.17) is 11.6 Å². The molecule has 1 fully saturated rings. The van der Waals surface area contributed by atoms with E-state index in [1.54, 1.807) is 30.5 Å². The van der Waals surface area contributed by atoms with E-state index in [0.717, 1.165) is 31.0 Å². The Kier molecular flexibility index (Phi) is 6.52. The predicted molar refractivity (Wildman–Crippen MR) is 105 cm³/mol. The number of halogens is 1. The van der Waals surface area contributed by atoms with Crippen molar-refractivity contribution in [2.75, 3.05) is 24.2 Å². The van der Waals surface area contributed by atoms with E-state index >= 15 is 0 Å². The van der Waals surface area contributed by atoms with E-state index in [9.17, 15) is 9.59 Å². The Labute approximate surface area is 162 Å². The molecule has 1 aliphatic heterocycles.